The van der Waals surface area contributed by atoms with E-state index in [-0.39, 0.29) is 13.0 Å². The number of rotatable bonds is 5. The summed E-state index contributed by atoms with van der Waals surface area (Å²) < 4.78 is 5.21. The molecule has 0 aliphatic heterocycles. The predicted molar refractivity (Wildman–Crippen MR) is 71.7 cm³/mol. The molecule has 0 radical (unpaired) electrons. The second-order valence-corrected chi connectivity index (χ2v) is 4.18. The maximum absolute atomic E-state index is 11.6. The Labute approximate surface area is 111 Å². The second kappa shape index (κ2) is 6.63. The van der Waals surface area contributed by atoms with E-state index in [0.29, 0.717) is 11.4 Å². The van der Waals surface area contributed by atoms with E-state index in [2.05, 4.69) is 10.6 Å². The average molecular weight is 266 g/mol. The van der Waals surface area contributed by atoms with Gasteiger partial charge in [-0.25, -0.2) is 4.79 Å². The highest BCUT2D eigenvalue weighted by molar-refractivity contribution is 5.92. The highest BCUT2D eigenvalue weighted by Crippen LogP contribution is 2.29. The van der Waals surface area contributed by atoms with Gasteiger partial charge in [0, 0.05) is 6.54 Å². The van der Waals surface area contributed by atoms with Crippen molar-refractivity contribution in [3.63, 3.8) is 0 Å². The first kappa shape index (κ1) is 14.8. The van der Waals surface area contributed by atoms with Crippen LogP contribution in [0.1, 0.15) is 17.5 Å². The molecule has 3 N–H and O–H groups in total. The van der Waals surface area contributed by atoms with Crippen LogP contribution in [0.4, 0.5) is 10.5 Å². The van der Waals surface area contributed by atoms with Gasteiger partial charge in [0.1, 0.15) is 5.75 Å². The lowest BCUT2D eigenvalue weighted by Crippen LogP contribution is -2.31. The Morgan fingerprint density at radius 3 is 2.58 bits per heavy atom. The van der Waals surface area contributed by atoms with Gasteiger partial charge < -0.3 is 20.5 Å². The first-order valence-corrected chi connectivity index (χ1v) is 5.86. The first-order chi connectivity index (χ1) is 8.93. The number of ether oxygens (including phenoxy) is 1. The number of hydrogen-bond donors (Lipinski definition) is 3. The zero-order valence-corrected chi connectivity index (χ0v) is 11.2. The van der Waals surface area contributed by atoms with E-state index in [1.807, 2.05) is 26.0 Å². The van der Waals surface area contributed by atoms with Crippen molar-refractivity contribution in [2.45, 2.75) is 20.3 Å². The standard InChI is InChI=1S/C13H18N2O4/c1-8-6-9(2)12(10(7-8)19-3)15-13(18)14-5-4-11(16)17/h6-7H,4-5H2,1-3H3,(H,16,17)(H2,14,15,18). The summed E-state index contributed by atoms with van der Waals surface area (Å²) in [6.07, 6.45) is -0.114. The molecule has 1 rings (SSSR count). The number of nitrogens with one attached hydrogen (secondary N) is 2. The molecule has 0 saturated carbocycles. The van der Waals surface area contributed by atoms with Crippen LogP contribution < -0.4 is 15.4 Å². The van der Waals surface area contributed by atoms with Crippen molar-refractivity contribution in [3.05, 3.63) is 23.3 Å². The van der Waals surface area contributed by atoms with Gasteiger partial charge in [-0.2, -0.15) is 0 Å². The highest BCUT2D eigenvalue weighted by Gasteiger charge is 2.11. The molecule has 1 aromatic carbocycles. The van der Waals surface area contributed by atoms with Gasteiger partial charge in [-0.1, -0.05) is 6.07 Å². The summed E-state index contributed by atoms with van der Waals surface area (Å²) in [7, 11) is 1.53. The van der Waals surface area contributed by atoms with Gasteiger partial charge in [0.25, 0.3) is 0 Å². The number of hydrogen-bond acceptors (Lipinski definition) is 3. The van der Waals surface area contributed by atoms with Gasteiger partial charge in [0.2, 0.25) is 0 Å². The fourth-order valence-electron chi connectivity index (χ4n) is 1.69. The maximum atomic E-state index is 11.6. The van der Waals surface area contributed by atoms with Crippen molar-refractivity contribution < 1.29 is 19.4 Å². The Bertz CT molecular complexity index is 486. The van der Waals surface area contributed by atoms with E-state index in [1.54, 1.807) is 0 Å². The van der Waals surface area contributed by atoms with Gasteiger partial charge in [0.05, 0.1) is 19.2 Å². The minimum absolute atomic E-state index is 0.0778. The molecule has 0 aromatic heterocycles. The number of carbonyl (C=O) groups is 2. The average Bonchev–Trinajstić information content (AvgIpc) is 2.31. The van der Waals surface area contributed by atoms with Crippen molar-refractivity contribution in [3.8, 4) is 5.75 Å². The zero-order chi connectivity index (χ0) is 14.4. The Morgan fingerprint density at radius 2 is 2.00 bits per heavy atom. The van der Waals surface area contributed by atoms with Crippen LogP contribution in [0.15, 0.2) is 12.1 Å². The third-order valence-electron chi connectivity index (χ3n) is 2.53. The van der Waals surface area contributed by atoms with Crippen molar-refractivity contribution in [1.29, 1.82) is 0 Å². The Hall–Kier alpha value is -2.24. The van der Waals surface area contributed by atoms with E-state index < -0.39 is 12.0 Å². The van der Waals surface area contributed by atoms with Gasteiger partial charge in [-0.15, -0.1) is 0 Å². The molecular weight excluding hydrogens is 248 g/mol. The van der Waals surface area contributed by atoms with E-state index in [4.69, 9.17) is 9.84 Å². The summed E-state index contributed by atoms with van der Waals surface area (Å²) >= 11 is 0. The molecule has 0 aliphatic carbocycles. The molecule has 0 heterocycles. The predicted octanol–water partition coefficient (Wildman–Crippen LogP) is 1.91. The number of aliphatic carboxylic acids is 1. The van der Waals surface area contributed by atoms with Crippen molar-refractivity contribution >= 4 is 17.7 Å². The fraction of sp³-hybridized carbons (Fsp3) is 0.385. The molecule has 0 bridgehead atoms. The lowest BCUT2D eigenvalue weighted by Gasteiger charge is -2.14. The lowest BCUT2D eigenvalue weighted by molar-refractivity contribution is -0.136. The van der Waals surface area contributed by atoms with Gasteiger partial charge in [-0.05, 0) is 31.0 Å². The molecule has 19 heavy (non-hydrogen) atoms. The molecule has 0 aliphatic rings. The smallest absolute Gasteiger partial charge is 0.319 e. The number of carboxylic acid groups (broad SMARTS) is 1. The van der Waals surface area contributed by atoms with Crippen LogP contribution in [0, 0.1) is 13.8 Å². The van der Waals surface area contributed by atoms with E-state index in [1.165, 1.54) is 7.11 Å². The van der Waals surface area contributed by atoms with Gasteiger partial charge in [0.15, 0.2) is 0 Å². The van der Waals surface area contributed by atoms with E-state index >= 15 is 0 Å². The third-order valence-corrected chi connectivity index (χ3v) is 2.53. The number of amides is 2. The molecule has 104 valence electrons. The normalized spacial score (nSPS) is 9.84. The number of carbonyl (C=O) groups excluding carboxylic acids is 1. The van der Waals surface area contributed by atoms with Gasteiger partial charge >= 0.3 is 12.0 Å². The van der Waals surface area contributed by atoms with Crippen LogP contribution >= 0.6 is 0 Å². The van der Waals surface area contributed by atoms with Gasteiger partial charge in [-0.3, -0.25) is 4.79 Å². The summed E-state index contributed by atoms with van der Waals surface area (Å²) in [5.41, 5.74) is 2.50. The number of aryl methyl sites for hydroxylation is 2. The van der Waals surface area contributed by atoms with Crippen molar-refractivity contribution in [2.75, 3.05) is 19.0 Å². The van der Waals surface area contributed by atoms with Crippen LogP contribution in [-0.2, 0) is 4.79 Å². The Morgan fingerprint density at radius 1 is 1.32 bits per heavy atom. The van der Waals surface area contributed by atoms with E-state index in [0.717, 1.165) is 11.1 Å². The molecule has 2 amide bonds. The van der Waals surface area contributed by atoms with Crippen molar-refractivity contribution in [2.24, 2.45) is 0 Å². The van der Waals surface area contributed by atoms with Crippen LogP contribution in [0.25, 0.3) is 0 Å². The molecule has 1 aromatic rings. The molecule has 0 atom stereocenters. The molecule has 0 spiro atoms. The third kappa shape index (κ3) is 4.50. The summed E-state index contributed by atoms with van der Waals surface area (Å²) in [6.45, 7) is 3.88. The number of benzene rings is 1. The lowest BCUT2D eigenvalue weighted by atomic mass is 10.1. The topological polar surface area (TPSA) is 87.7 Å². The van der Waals surface area contributed by atoms with Crippen LogP contribution in [-0.4, -0.2) is 30.8 Å². The van der Waals surface area contributed by atoms with Crippen molar-refractivity contribution in [1.82, 2.24) is 5.32 Å². The molecule has 0 saturated heterocycles. The quantitative estimate of drug-likeness (QED) is 0.759. The maximum Gasteiger partial charge on any atom is 0.319 e. The molecule has 0 fully saturated rings. The molecule has 6 nitrogen and oxygen atoms in total. The highest BCUT2D eigenvalue weighted by atomic mass is 16.5. The van der Waals surface area contributed by atoms with Crippen LogP contribution in [0.5, 0.6) is 5.75 Å². The summed E-state index contributed by atoms with van der Waals surface area (Å²) in [6, 6.07) is 3.29. The van der Waals surface area contributed by atoms with Crippen LogP contribution in [0.2, 0.25) is 0 Å². The fourth-order valence-corrected chi connectivity index (χ4v) is 1.69. The molecule has 0 unspecified atom stereocenters. The monoisotopic (exact) mass is 266 g/mol. The second-order valence-electron chi connectivity index (χ2n) is 4.18. The summed E-state index contributed by atoms with van der Waals surface area (Å²) in [5.74, 6) is -0.379. The number of anilines is 1. The first-order valence-electron chi connectivity index (χ1n) is 5.86. The number of urea groups is 1. The largest absolute Gasteiger partial charge is 0.495 e. The molecular formula is C13H18N2O4. The summed E-state index contributed by atoms with van der Waals surface area (Å²) in [5, 5.41) is 13.6. The minimum Gasteiger partial charge on any atom is -0.495 e. The number of methoxy groups -OCH3 is 1. The minimum atomic E-state index is -0.954. The zero-order valence-electron chi connectivity index (χ0n) is 11.2. The summed E-state index contributed by atoms with van der Waals surface area (Å²) in [4.78, 5) is 22.0. The Balaban J connectivity index is 2.71. The SMILES string of the molecule is COc1cc(C)cc(C)c1NC(=O)NCCC(=O)O. The Kier molecular flexibility index (Phi) is 5.17. The number of carboxylic acids is 1. The molecule has 6 heteroatoms. The van der Waals surface area contributed by atoms with E-state index in [9.17, 15) is 9.59 Å². The van der Waals surface area contributed by atoms with Crippen LogP contribution in [0.3, 0.4) is 0 Å².